The molecule has 0 saturated heterocycles. The molecule has 0 saturated carbocycles. The minimum Gasteiger partial charge on any atom is -0.491 e. The monoisotopic (exact) mass is 350 g/mol. The van der Waals surface area contributed by atoms with Crippen LogP contribution in [0.1, 0.15) is 78.6 Å². The van der Waals surface area contributed by atoms with Gasteiger partial charge in [-0.25, -0.2) is 0 Å². The smallest absolute Gasteiger partial charge is 0.168 e. The summed E-state index contributed by atoms with van der Waals surface area (Å²) in [6.07, 6.45) is 9.46. The van der Waals surface area contributed by atoms with E-state index in [9.17, 15) is 5.11 Å². The van der Waals surface area contributed by atoms with Gasteiger partial charge >= 0.3 is 0 Å². The zero-order valence-electron chi connectivity index (χ0n) is 16.5. The van der Waals surface area contributed by atoms with Crippen LogP contribution >= 0.6 is 0 Å². The largest absolute Gasteiger partial charge is 0.491 e. The standard InChI is InChI=1S/C22H38O3/c1-4-7-13-20(14-8-5-2)22(23,17-9-6-3)25-19-18-24-21-15-11-10-12-16-21/h10-12,15-16,20,23H,4-9,13-14,17-19H2,1-3H3. The molecule has 25 heavy (non-hydrogen) atoms. The minimum atomic E-state index is -1.01. The maximum Gasteiger partial charge on any atom is 0.168 e. The normalized spacial score (nSPS) is 13.8. The fourth-order valence-corrected chi connectivity index (χ4v) is 3.22. The van der Waals surface area contributed by atoms with Gasteiger partial charge < -0.3 is 14.6 Å². The molecule has 1 aromatic rings. The van der Waals surface area contributed by atoms with Crippen molar-refractivity contribution in [1.29, 1.82) is 0 Å². The summed E-state index contributed by atoms with van der Waals surface area (Å²) >= 11 is 0. The second kappa shape index (κ2) is 13.2. The van der Waals surface area contributed by atoms with Gasteiger partial charge in [-0.05, 0) is 31.4 Å². The number of rotatable bonds is 15. The summed E-state index contributed by atoms with van der Waals surface area (Å²) in [5.41, 5.74) is 0. The van der Waals surface area contributed by atoms with Crippen LogP contribution in [0, 0.1) is 5.92 Å². The first-order chi connectivity index (χ1) is 12.2. The third-order valence-corrected chi connectivity index (χ3v) is 4.79. The molecule has 0 spiro atoms. The highest BCUT2D eigenvalue weighted by atomic mass is 16.6. The van der Waals surface area contributed by atoms with Crippen molar-refractivity contribution in [3.63, 3.8) is 0 Å². The third kappa shape index (κ3) is 8.73. The first-order valence-electron chi connectivity index (χ1n) is 10.2. The molecule has 0 bridgehead atoms. The van der Waals surface area contributed by atoms with Crippen LogP contribution in [0.4, 0.5) is 0 Å². The molecule has 0 aliphatic heterocycles. The summed E-state index contributed by atoms with van der Waals surface area (Å²) in [7, 11) is 0. The summed E-state index contributed by atoms with van der Waals surface area (Å²) in [6, 6.07) is 9.76. The van der Waals surface area contributed by atoms with Gasteiger partial charge in [0.15, 0.2) is 5.79 Å². The lowest BCUT2D eigenvalue weighted by Gasteiger charge is -2.36. The molecular formula is C22H38O3. The molecule has 0 radical (unpaired) electrons. The number of ether oxygens (including phenoxy) is 2. The van der Waals surface area contributed by atoms with Crippen LogP contribution < -0.4 is 4.74 Å². The first kappa shape index (κ1) is 22.0. The molecule has 3 heteroatoms. The molecule has 0 aliphatic carbocycles. The molecule has 1 unspecified atom stereocenters. The fraction of sp³-hybridized carbons (Fsp3) is 0.727. The Bertz CT molecular complexity index is 413. The zero-order valence-corrected chi connectivity index (χ0v) is 16.5. The van der Waals surface area contributed by atoms with Crippen LogP contribution in [0.15, 0.2) is 30.3 Å². The predicted octanol–water partition coefficient (Wildman–Crippen LogP) is 5.96. The van der Waals surface area contributed by atoms with Gasteiger partial charge in [0.05, 0.1) is 6.61 Å². The molecule has 1 rings (SSSR count). The quantitative estimate of drug-likeness (QED) is 0.313. The molecule has 3 nitrogen and oxygen atoms in total. The lowest BCUT2D eigenvalue weighted by molar-refractivity contribution is -0.247. The van der Waals surface area contributed by atoms with Crippen molar-refractivity contribution in [3.05, 3.63) is 30.3 Å². The van der Waals surface area contributed by atoms with Crippen molar-refractivity contribution in [2.75, 3.05) is 13.2 Å². The Balaban J connectivity index is 2.59. The number of aliphatic hydroxyl groups is 1. The summed E-state index contributed by atoms with van der Waals surface area (Å²) in [6.45, 7) is 7.45. The summed E-state index contributed by atoms with van der Waals surface area (Å²) in [5, 5.41) is 11.3. The topological polar surface area (TPSA) is 38.7 Å². The highest BCUT2D eigenvalue weighted by Gasteiger charge is 2.36. The minimum absolute atomic E-state index is 0.218. The average molecular weight is 351 g/mol. The van der Waals surface area contributed by atoms with Crippen LogP contribution in [0.2, 0.25) is 0 Å². The predicted molar refractivity (Wildman–Crippen MR) is 105 cm³/mol. The SMILES string of the molecule is CCCCC(CCCC)C(O)(CCCC)OCCOc1ccccc1. The van der Waals surface area contributed by atoms with Crippen LogP contribution in [-0.4, -0.2) is 24.1 Å². The van der Waals surface area contributed by atoms with Gasteiger partial charge in [0, 0.05) is 12.3 Å². The van der Waals surface area contributed by atoms with E-state index < -0.39 is 5.79 Å². The molecule has 0 heterocycles. The molecule has 0 amide bonds. The molecule has 0 fully saturated rings. The van der Waals surface area contributed by atoms with Gasteiger partial charge in [-0.3, -0.25) is 0 Å². The van der Waals surface area contributed by atoms with Crippen LogP contribution in [0.5, 0.6) is 5.75 Å². The van der Waals surface area contributed by atoms with Crippen LogP contribution in [0.25, 0.3) is 0 Å². The Hall–Kier alpha value is -1.06. The summed E-state index contributed by atoms with van der Waals surface area (Å²) < 4.78 is 11.8. The zero-order chi connectivity index (χ0) is 18.4. The Morgan fingerprint density at radius 3 is 2.04 bits per heavy atom. The van der Waals surface area contributed by atoms with Crippen molar-refractivity contribution >= 4 is 0 Å². The van der Waals surface area contributed by atoms with E-state index in [1.54, 1.807) is 0 Å². The Kier molecular flexibility index (Phi) is 11.6. The fourth-order valence-electron chi connectivity index (χ4n) is 3.22. The second-order valence-electron chi connectivity index (χ2n) is 6.94. The van der Waals surface area contributed by atoms with Gasteiger partial charge in [0.25, 0.3) is 0 Å². The van der Waals surface area contributed by atoms with Gasteiger partial charge in [-0.2, -0.15) is 0 Å². The lowest BCUT2D eigenvalue weighted by Crippen LogP contribution is -2.42. The van der Waals surface area contributed by atoms with E-state index in [-0.39, 0.29) is 5.92 Å². The van der Waals surface area contributed by atoms with Gasteiger partial charge in [-0.1, -0.05) is 71.1 Å². The molecular weight excluding hydrogens is 312 g/mol. The number of benzene rings is 1. The van der Waals surface area contributed by atoms with Gasteiger partial charge in [0.1, 0.15) is 12.4 Å². The second-order valence-corrected chi connectivity index (χ2v) is 6.94. The van der Waals surface area contributed by atoms with E-state index >= 15 is 0 Å². The van der Waals surface area contributed by atoms with Crippen LogP contribution in [0.3, 0.4) is 0 Å². The van der Waals surface area contributed by atoms with E-state index in [4.69, 9.17) is 9.47 Å². The maximum atomic E-state index is 11.3. The van der Waals surface area contributed by atoms with Crippen LogP contribution in [-0.2, 0) is 4.74 Å². The number of hydrogen-bond acceptors (Lipinski definition) is 3. The van der Waals surface area contributed by atoms with E-state index in [1.165, 1.54) is 0 Å². The van der Waals surface area contributed by atoms with Crippen molar-refractivity contribution < 1.29 is 14.6 Å². The van der Waals surface area contributed by atoms with Crippen molar-refractivity contribution in [2.24, 2.45) is 5.92 Å². The number of para-hydroxylation sites is 1. The molecule has 1 N–H and O–H groups in total. The highest BCUT2D eigenvalue weighted by molar-refractivity contribution is 5.20. The molecule has 0 aromatic heterocycles. The lowest BCUT2D eigenvalue weighted by atomic mass is 9.85. The number of unbranched alkanes of at least 4 members (excludes halogenated alkanes) is 3. The Morgan fingerprint density at radius 1 is 0.880 bits per heavy atom. The molecule has 144 valence electrons. The van der Waals surface area contributed by atoms with Crippen molar-refractivity contribution in [2.45, 2.75) is 84.3 Å². The number of hydrogen-bond donors (Lipinski definition) is 1. The van der Waals surface area contributed by atoms with E-state index in [0.29, 0.717) is 19.6 Å². The van der Waals surface area contributed by atoms with E-state index in [1.807, 2.05) is 30.3 Å². The summed E-state index contributed by atoms with van der Waals surface area (Å²) in [5.74, 6) is 0.0489. The van der Waals surface area contributed by atoms with Gasteiger partial charge in [-0.15, -0.1) is 0 Å². The average Bonchev–Trinajstić information content (AvgIpc) is 2.64. The highest BCUT2D eigenvalue weighted by Crippen LogP contribution is 2.33. The maximum absolute atomic E-state index is 11.3. The van der Waals surface area contributed by atoms with E-state index in [2.05, 4.69) is 20.8 Å². The Labute approximate surface area is 154 Å². The first-order valence-corrected chi connectivity index (χ1v) is 10.2. The third-order valence-electron chi connectivity index (χ3n) is 4.79. The molecule has 1 aromatic carbocycles. The summed E-state index contributed by atoms with van der Waals surface area (Å²) in [4.78, 5) is 0. The van der Waals surface area contributed by atoms with Crippen molar-refractivity contribution in [1.82, 2.24) is 0 Å². The van der Waals surface area contributed by atoms with Gasteiger partial charge in [0.2, 0.25) is 0 Å². The molecule has 1 atom stereocenters. The van der Waals surface area contributed by atoms with Crippen molar-refractivity contribution in [3.8, 4) is 5.75 Å². The van der Waals surface area contributed by atoms with E-state index in [0.717, 1.165) is 57.1 Å². The molecule has 0 aliphatic rings. The Morgan fingerprint density at radius 2 is 1.48 bits per heavy atom.